The third-order valence-corrected chi connectivity index (χ3v) is 4.94. The SMILES string of the molecule is C=C1NC(=O)NC(c2cccc(O)c2)C1C(=O)OCC1CCCCC1. The average Bonchev–Trinajstić information content (AvgIpc) is 2.60. The van der Waals surface area contributed by atoms with Crippen LogP contribution in [-0.4, -0.2) is 23.7 Å². The van der Waals surface area contributed by atoms with Crippen LogP contribution in [0.5, 0.6) is 5.75 Å². The van der Waals surface area contributed by atoms with Gasteiger partial charge in [0.25, 0.3) is 0 Å². The Bertz CT molecular complexity index is 667. The Kier molecular flexibility index (Phi) is 5.26. The van der Waals surface area contributed by atoms with Gasteiger partial charge in [0.2, 0.25) is 0 Å². The molecule has 0 aromatic heterocycles. The molecule has 6 heteroatoms. The van der Waals surface area contributed by atoms with E-state index in [0.717, 1.165) is 12.8 Å². The molecule has 2 amide bonds. The quantitative estimate of drug-likeness (QED) is 0.733. The number of urea groups is 1. The second kappa shape index (κ2) is 7.59. The largest absolute Gasteiger partial charge is 0.508 e. The van der Waals surface area contributed by atoms with Gasteiger partial charge in [0.15, 0.2) is 0 Å². The van der Waals surface area contributed by atoms with Crippen molar-refractivity contribution in [2.75, 3.05) is 6.61 Å². The second-order valence-electron chi connectivity index (χ2n) is 6.81. The zero-order chi connectivity index (χ0) is 17.8. The number of hydrogen-bond acceptors (Lipinski definition) is 4. The lowest BCUT2D eigenvalue weighted by Crippen LogP contribution is -2.51. The number of nitrogens with one attached hydrogen (secondary N) is 2. The van der Waals surface area contributed by atoms with Gasteiger partial charge in [-0.25, -0.2) is 4.79 Å². The van der Waals surface area contributed by atoms with Crippen LogP contribution in [0.3, 0.4) is 0 Å². The third kappa shape index (κ3) is 4.13. The van der Waals surface area contributed by atoms with Gasteiger partial charge in [-0.15, -0.1) is 0 Å². The maximum absolute atomic E-state index is 12.7. The van der Waals surface area contributed by atoms with E-state index in [9.17, 15) is 14.7 Å². The summed E-state index contributed by atoms with van der Waals surface area (Å²) in [5, 5.41) is 15.0. The van der Waals surface area contributed by atoms with Gasteiger partial charge >= 0.3 is 12.0 Å². The molecule has 1 saturated carbocycles. The van der Waals surface area contributed by atoms with Gasteiger partial charge in [0.1, 0.15) is 11.7 Å². The minimum atomic E-state index is -0.733. The molecule has 0 radical (unpaired) electrons. The van der Waals surface area contributed by atoms with Crippen LogP contribution in [0.1, 0.15) is 43.7 Å². The molecule has 1 aliphatic heterocycles. The second-order valence-corrected chi connectivity index (χ2v) is 6.81. The molecule has 1 aromatic carbocycles. The Labute approximate surface area is 147 Å². The molecule has 0 bridgehead atoms. The first-order valence-electron chi connectivity index (χ1n) is 8.76. The fourth-order valence-corrected chi connectivity index (χ4v) is 3.60. The Morgan fingerprint density at radius 2 is 2.04 bits per heavy atom. The van der Waals surface area contributed by atoms with Crippen LogP contribution in [0, 0.1) is 11.8 Å². The molecule has 6 nitrogen and oxygen atoms in total. The number of aromatic hydroxyl groups is 1. The summed E-state index contributed by atoms with van der Waals surface area (Å²) in [6.45, 7) is 4.23. The number of carbonyl (C=O) groups is 2. The number of phenolic OH excluding ortho intramolecular Hbond substituents is 1. The van der Waals surface area contributed by atoms with Crippen LogP contribution in [0.25, 0.3) is 0 Å². The predicted molar refractivity (Wildman–Crippen MR) is 92.7 cm³/mol. The van der Waals surface area contributed by atoms with Crippen molar-refractivity contribution in [3.63, 3.8) is 0 Å². The van der Waals surface area contributed by atoms with Crippen LogP contribution in [0.15, 0.2) is 36.5 Å². The van der Waals surface area contributed by atoms with Crippen LogP contribution in [0.4, 0.5) is 4.79 Å². The predicted octanol–water partition coefficient (Wildman–Crippen LogP) is 3.00. The molecule has 2 fully saturated rings. The number of esters is 1. The van der Waals surface area contributed by atoms with Gasteiger partial charge in [-0.1, -0.05) is 38.0 Å². The Balaban J connectivity index is 1.73. The van der Waals surface area contributed by atoms with E-state index in [1.165, 1.54) is 31.4 Å². The molecule has 2 unspecified atom stereocenters. The average molecular weight is 344 g/mol. The monoisotopic (exact) mass is 344 g/mol. The molecular formula is C19H24N2O4. The third-order valence-electron chi connectivity index (χ3n) is 4.94. The van der Waals surface area contributed by atoms with Crippen molar-refractivity contribution in [2.24, 2.45) is 11.8 Å². The summed E-state index contributed by atoms with van der Waals surface area (Å²) < 4.78 is 5.56. The molecule has 3 N–H and O–H groups in total. The van der Waals surface area contributed by atoms with Crippen molar-refractivity contribution in [3.05, 3.63) is 42.1 Å². The molecular weight excluding hydrogens is 320 g/mol. The zero-order valence-electron chi connectivity index (χ0n) is 14.2. The standard InChI is InChI=1S/C19H24N2O4/c1-12-16(18(23)25-11-13-6-3-2-4-7-13)17(21-19(24)20-12)14-8-5-9-15(22)10-14/h5,8-10,13,16-17,22H,1-4,6-7,11H2,(H2,20,21,24). The summed E-state index contributed by atoms with van der Waals surface area (Å²) in [7, 11) is 0. The first-order valence-corrected chi connectivity index (χ1v) is 8.76. The number of benzene rings is 1. The summed E-state index contributed by atoms with van der Waals surface area (Å²) in [6.07, 6.45) is 5.79. The number of hydrogen-bond donors (Lipinski definition) is 3. The van der Waals surface area contributed by atoms with Crippen LogP contribution in [0.2, 0.25) is 0 Å². The molecule has 2 aliphatic rings. The maximum atomic E-state index is 12.7. The van der Waals surface area contributed by atoms with E-state index in [1.807, 2.05) is 0 Å². The fourth-order valence-electron chi connectivity index (χ4n) is 3.60. The van der Waals surface area contributed by atoms with E-state index < -0.39 is 24.0 Å². The molecule has 1 aromatic rings. The van der Waals surface area contributed by atoms with Gasteiger partial charge in [-0.3, -0.25) is 4.79 Å². The lowest BCUT2D eigenvalue weighted by Gasteiger charge is -2.33. The summed E-state index contributed by atoms with van der Waals surface area (Å²) in [4.78, 5) is 24.5. The first kappa shape index (κ1) is 17.3. The van der Waals surface area contributed by atoms with Crippen molar-refractivity contribution in [2.45, 2.75) is 38.1 Å². The molecule has 25 heavy (non-hydrogen) atoms. The first-order chi connectivity index (χ1) is 12.0. The van der Waals surface area contributed by atoms with Crippen LogP contribution in [-0.2, 0) is 9.53 Å². The van der Waals surface area contributed by atoms with Gasteiger partial charge in [-0.05, 0) is 36.5 Å². The highest BCUT2D eigenvalue weighted by atomic mass is 16.5. The zero-order valence-corrected chi connectivity index (χ0v) is 14.2. The normalized spacial score (nSPS) is 24.3. The molecule has 0 spiro atoms. The van der Waals surface area contributed by atoms with Crippen LogP contribution >= 0.6 is 0 Å². The molecule has 2 atom stereocenters. The molecule has 1 heterocycles. The topological polar surface area (TPSA) is 87.7 Å². The highest BCUT2D eigenvalue weighted by Crippen LogP contribution is 2.32. The van der Waals surface area contributed by atoms with E-state index in [4.69, 9.17) is 4.74 Å². The van der Waals surface area contributed by atoms with Crippen molar-refractivity contribution >= 4 is 12.0 Å². The van der Waals surface area contributed by atoms with E-state index in [0.29, 0.717) is 23.8 Å². The van der Waals surface area contributed by atoms with Crippen molar-refractivity contribution < 1.29 is 19.4 Å². The summed E-state index contributed by atoms with van der Waals surface area (Å²) >= 11 is 0. The minimum absolute atomic E-state index is 0.0743. The van der Waals surface area contributed by atoms with E-state index >= 15 is 0 Å². The van der Waals surface area contributed by atoms with E-state index in [2.05, 4.69) is 17.2 Å². The minimum Gasteiger partial charge on any atom is -0.508 e. The highest BCUT2D eigenvalue weighted by molar-refractivity contribution is 5.85. The highest BCUT2D eigenvalue weighted by Gasteiger charge is 2.39. The number of phenols is 1. The summed E-state index contributed by atoms with van der Waals surface area (Å²) in [5.41, 5.74) is 0.946. The summed E-state index contributed by atoms with van der Waals surface area (Å²) in [6, 6.07) is 5.46. The molecule has 1 aliphatic carbocycles. The van der Waals surface area contributed by atoms with Gasteiger partial charge in [0.05, 0.1) is 12.6 Å². The number of carbonyl (C=O) groups excluding carboxylic acids is 2. The maximum Gasteiger partial charge on any atom is 0.319 e. The van der Waals surface area contributed by atoms with Gasteiger partial charge < -0.3 is 20.5 Å². The number of ether oxygens (including phenoxy) is 1. The molecule has 1 saturated heterocycles. The smallest absolute Gasteiger partial charge is 0.319 e. The molecule has 134 valence electrons. The van der Waals surface area contributed by atoms with E-state index in [1.54, 1.807) is 12.1 Å². The Morgan fingerprint density at radius 1 is 1.28 bits per heavy atom. The lowest BCUT2D eigenvalue weighted by atomic mass is 9.88. The Morgan fingerprint density at radius 3 is 2.76 bits per heavy atom. The Hall–Kier alpha value is -2.50. The lowest BCUT2D eigenvalue weighted by molar-refractivity contribution is -0.150. The van der Waals surface area contributed by atoms with Crippen molar-refractivity contribution in [3.8, 4) is 5.75 Å². The van der Waals surface area contributed by atoms with Crippen LogP contribution < -0.4 is 10.6 Å². The number of amides is 2. The fraction of sp³-hybridized carbons (Fsp3) is 0.474. The molecule has 3 rings (SSSR count). The summed E-state index contributed by atoms with van der Waals surface area (Å²) in [5.74, 6) is -0.652. The van der Waals surface area contributed by atoms with Gasteiger partial charge in [-0.2, -0.15) is 0 Å². The van der Waals surface area contributed by atoms with Crippen molar-refractivity contribution in [1.82, 2.24) is 10.6 Å². The van der Waals surface area contributed by atoms with Crippen molar-refractivity contribution in [1.29, 1.82) is 0 Å². The van der Waals surface area contributed by atoms with E-state index in [-0.39, 0.29) is 5.75 Å². The van der Waals surface area contributed by atoms with Gasteiger partial charge in [0, 0.05) is 5.70 Å². The number of rotatable bonds is 4.